The second-order valence-corrected chi connectivity index (χ2v) is 6.45. The van der Waals surface area contributed by atoms with Crippen LogP contribution in [0.1, 0.15) is 43.2 Å². The van der Waals surface area contributed by atoms with Crippen molar-refractivity contribution in [2.45, 2.75) is 44.6 Å². The van der Waals surface area contributed by atoms with Gasteiger partial charge in [0.2, 0.25) is 0 Å². The summed E-state index contributed by atoms with van der Waals surface area (Å²) in [5.74, 6) is 1.71. The van der Waals surface area contributed by atoms with Gasteiger partial charge in [-0.3, -0.25) is 0 Å². The van der Waals surface area contributed by atoms with Crippen LogP contribution in [0.5, 0.6) is 11.5 Å². The molecule has 2 N–H and O–H groups in total. The Morgan fingerprint density at radius 1 is 1.16 bits per heavy atom. The molecule has 0 saturated heterocycles. The van der Waals surface area contributed by atoms with Crippen molar-refractivity contribution in [2.75, 3.05) is 13.2 Å². The summed E-state index contributed by atoms with van der Waals surface area (Å²) in [6.45, 7) is 3.33. The summed E-state index contributed by atoms with van der Waals surface area (Å²) < 4.78 is 12.5. The predicted octanol–water partition coefficient (Wildman–Crippen LogP) is 3.65. The number of hydrogen-bond acceptors (Lipinski definition) is 3. The van der Waals surface area contributed by atoms with Crippen LogP contribution in [0.2, 0.25) is 0 Å². The van der Waals surface area contributed by atoms with Crippen molar-refractivity contribution in [3.8, 4) is 11.5 Å². The van der Waals surface area contributed by atoms with Crippen molar-refractivity contribution < 1.29 is 9.47 Å². The molecule has 0 atom stereocenters. The van der Waals surface area contributed by atoms with Crippen LogP contribution in [-0.4, -0.2) is 13.2 Å². The average molecular weight is 326 g/mol. The van der Waals surface area contributed by atoms with E-state index in [1.807, 2.05) is 6.07 Å². The third-order valence-electron chi connectivity index (χ3n) is 4.27. The van der Waals surface area contributed by atoms with Gasteiger partial charge in [-0.15, -0.1) is 0 Å². The molecule has 0 amide bonds. The van der Waals surface area contributed by atoms with Gasteiger partial charge in [0, 0.05) is 15.6 Å². The zero-order chi connectivity index (χ0) is 13.5. The standard InChI is InChI=1S/C15H20BrNO2/c1-10-13(15(17)5-3-2-4-6-15)11(16)9-12-14(10)19-8-7-18-12/h9H,2-8,17H2,1H3. The monoisotopic (exact) mass is 325 g/mol. The Balaban J connectivity index is 2.10. The number of fused-ring (bicyclic) bond motifs is 1. The highest BCUT2D eigenvalue weighted by Crippen LogP contribution is 2.46. The van der Waals surface area contributed by atoms with E-state index in [-0.39, 0.29) is 5.54 Å². The second-order valence-electron chi connectivity index (χ2n) is 5.60. The Labute approximate surface area is 122 Å². The van der Waals surface area contributed by atoms with E-state index < -0.39 is 0 Å². The van der Waals surface area contributed by atoms with Crippen LogP contribution < -0.4 is 15.2 Å². The molecule has 1 aliphatic carbocycles. The molecule has 0 spiro atoms. The predicted molar refractivity (Wildman–Crippen MR) is 78.8 cm³/mol. The van der Waals surface area contributed by atoms with Gasteiger partial charge < -0.3 is 15.2 Å². The maximum atomic E-state index is 6.69. The summed E-state index contributed by atoms with van der Waals surface area (Å²) in [6, 6.07) is 2.01. The first kappa shape index (κ1) is 13.3. The van der Waals surface area contributed by atoms with Crippen LogP contribution in [0.3, 0.4) is 0 Å². The van der Waals surface area contributed by atoms with E-state index in [1.165, 1.54) is 24.8 Å². The maximum Gasteiger partial charge on any atom is 0.164 e. The van der Waals surface area contributed by atoms with E-state index >= 15 is 0 Å². The molecule has 4 heteroatoms. The van der Waals surface area contributed by atoms with Crippen molar-refractivity contribution >= 4 is 15.9 Å². The molecule has 1 aromatic rings. The van der Waals surface area contributed by atoms with Gasteiger partial charge in [0.15, 0.2) is 11.5 Å². The fourth-order valence-corrected chi connectivity index (χ4v) is 4.26. The first-order valence-corrected chi connectivity index (χ1v) is 7.79. The lowest BCUT2D eigenvalue weighted by Gasteiger charge is -2.37. The summed E-state index contributed by atoms with van der Waals surface area (Å²) in [5.41, 5.74) is 8.80. The molecule has 3 nitrogen and oxygen atoms in total. The summed E-state index contributed by atoms with van der Waals surface area (Å²) in [6.07, 6.45) is 5.80. The van der Waals surface area contributed by atoms with Crippen LogP contribution in [0.25, 0.3) is 0 Å². The Kier molecular flexibility index (Phi) is 3.48. The minimum absolute atomic E-state index is 0.225. The van der Waals surface area contributed by atoms with E-state index in [9.17, 15) is 0 Å². The summed E-state index contributed by atoms with van der Waals surface area (Å²) >= 11 is 3.68. The third kappa shape index (κ3) is 2.25. The van der Waals surface area contributed by atoms with Crippen molar-refractivity contribution in [3.63, 3.8) is 0 Å². The lowest BCUT2D eigenvalue weighted by molar-refractivity contribution is 0.169. The third-order valence-corrected chi connectivity index (χ3v) is 4.89. The van der Waals surface area contributed by atoms with Gasteiger partial charge in [0.25, 0.3) is 0 Å². The molecule has 1 fully saturated rings. The molecule has 104 valence electrons. The molecule has 0 radical (unpaired) electrons. The fraction of sp³-hybridized carbons (Fsp3) is 0.600. The number of nitrogens with two attached hydrogens (primary N) is 1. The van der Waals surface area contributed by atoms with Crippen molar-refractivity contribution in [3.05, 3.63) is 21.7 Å². The molecular formula is C15H20BrNO2. The summed E-state index contributed by atoms with van der Waals surface area (Å²) in [7, 11) is 0. The Bertz CT molecular complexity index is 495. The fourth-order valence-electron chi connectivity index (χ4n) is 3.36. The maximum absolute atomic E-state index is 6.69. The van der Waals surface area contributed by atoms with E-state index in [1.54, 1.807) is 0 Å². The number of ether oxygens (including phenoxy) is 2. The molecule has 1 aliphatic heterocycles. The molecule has 1 saturated carbocycles. The average Bonchev–Trinajstić information content (AvgIpc) is 2.39. The molecule has 19 heavy (non-hydrogen) atoms. The van der Waals surface area contributed by atoms with Crippen LogP contribution in [0.15, 0.2) is 10.5 Å². The highest BCUT2D eigenvalue weighted by Gasteiger charge is 2.35. The molecule has 3 rings (SSSR count). The second kappa shape index (κ2) is 4.98. The minimum Gasteiger partial charge on any atom is -0.486 e. The number of halogens is 1. The van der Waals surface area contributed by atoms with Gasteiger partial charge in [-0.1, -0.05) is 35.2 Å². The molecule has 2 aliphatic rings. The molecule has 0 aromatic heterocycles. The quantitative estimate of drug-likeness (QED) is 0.857. The van der Waals surface area contributed by atoms with Crippen LogP contribution in [0, 0.1) is 6.92 Å². The summed E-state index contributed by atoms with van der Waals surface area (Å²) in [4.78, 5) is 0. The lowest BCUT2D eigenvalue weighted by Crippen LogP contribution is -2.40. The highest BCUT2D eigenvalue weighted by molar-refractivity contribution is 9.10. The first-order valence-electron chi connectivity index (χ1n) is 7.00. The van der Waals surface area contributed by atoms with Crippen molar-refractivity contribution in [2.24, 2.45) is 5.73 Å². The van der Waals surface area contributed by atoms with Gasteiger partial charge >= 0.3 is 0 Å². The largest absolute Gasteiger partial charge is 0.486 e. The van der Waals surface area contributed by atoms with Crippen LogP contribution >= 0.6 is 15.9 Å². The number of hydrogen-bond donors (Lipinski definition) is 1. The minimum atomic E-state index is -0.225. The van der Waals surface area contributed by atoms with Gasteiger partial charge in [-0.05, 0) is 31.4 Å². The normalized spacial score (nSPS) is 21.2. The van der Waals surface area contributed by atoms with Crippen LogP contribution in [-0.2, 0) is 5.54 Å². The van der Waals surface area contributed by atoms with E-state index in [0.29, 0.717) is 13.2 Å². The topological polar surface area (TPSA) is 44.5 Å². The van der Waals surface area contributed by atoms with Crippen molar-refractivity contribution in [1.29, 1.82) is 0 Å². The molecule has 1 heterocycles. The van der Waals surface area contributed by atoms with E-state index in [4.69, 9.17) is 15.2 Å². The van der Waals surface area contributed by atoms with E-state index in [0.717, 1.165) is 34.4 Å². The number of benzene rings is 1. The van der Waals surface area contributed by atoms with Gasteiger partial charge in [-0.2, -0.15) is 0 Å². The Hall–Kier alpha value is -0.740. The Morgan fingerprint density at radius 3 is 2.58 bits per heavy atom. The molecular weight excluding hydrogens is 306 g/mol. The van der Waals surface area contributed by atoms with Gasteiger partial charge in [-0.25, -0.2) is 0 Å². The lowest BCUT2D eigenvalue weighted by atomic mass is 9.76. The summed E-state index contributed by atoms with van der Waals surface area (Å²) in [5, 5.41) is 0. The van der Waals surface area contributed by atoms with Gasteiger partial charge in [0.1, 0.15) is 13.2 Å². The van der Waals surface area contributed by atoms with Gasteiger partial charge in [0.05, 0.1) is 0 Å². The zero-order valence-electron chi connectivity index (χ0n) is 11.3. The highest BCUT2D eigenvalue weighted by atomic mass is 79.9. The van der Waals surface area contributed by atoms with Crippen molar-refractivity contribution in [1.82, 2.24) is 0 Å². The zero-order valence-corrected chi connectivity index (χ0v) is 12.9. The smallest absolute Gasteiger partial charge is 0.164 e. The molecule has 0 unspecified atom stereocenters. The van der Waals surface area contributed by atoms with Crippen LogP contribution in [0.4, 0.5) is 0 Å². The molecule has 1 aromatic carbocycles. The SMILES string of the molecule is Cc1c2c(cc(Br)c1C1(N)CCCCC1)OCCO2. The number of rotatable bonds is 1. The molecule has 0 bridgehead atoms. The first-order chi connectivity index (χ1) is 9.12. The van der Waals surface area contributed by atoms with E-state index in [2.05, 4.69) is 22.9 Å². The Morgan fingerprint density at radius 2 is 1.84 bits per heavy atom.